The molecule has 0 aliphatic rings. The summed E-state index contributed by atoms with van der Waals surface area (Å²) in [6.45, 7) is 0. The molecule has 26 aromatic rings. The molecule has 0 fully saturated rings. The summed E-state index contributed by atoms with van der Waals surface area (Å²) in [6.07, 6.45) is 0. The van der Waals surface area contributed by atoms with Gasteiger partial charge in [0.2, 0.25) is 5.95 Å². The van der Waals surface area contributed by atoms with Crippen LogP contribution in [0.4, 0.5) is 0 Å². The first kappa shape index (κ1) is 69.9. The number of nitrogens with zero attached hydrogens (tertiary/aromatic N) is 10. The van der Waals surface area contributed by atoms with Gasteiger partial charge in [0.25, 0.3) is 0 Å². The van der Waals surface area contributed by atoms with Crippen LogP contribution in [0.25, 0.3) is 237 Å². The summed E-state index contributed by atoms with van der Waals surface area (Å²) >= 11 is 1.87. The first-order valence-corrected chi connectivity index (χ1v) is 41.6. The third-order valence-electron chi connectivity index (χ3n) is 23.5. The third kappa shape index (κ3) is 11.6. The van der Waals surface area contributed by atoms with Crippen molar-refractivity contribution >= 4 is 163 Å². The Labute approximate surface area is 701 Å². The zero-order valence-electron chi connectivity index (χ0n) is 65.3. The third-order valence-corrected chi connectivity index (χ3v) is 24.6. The Balaban J connectivity index is 0.000000104. The Morgan fingerprint density at radius 3 is 1.04 bits per heavy atom. The minimum atomic E-state index is 0.553. The van der Waals surface area contributed by atoms with Gasteiger partial charge in [-0.2, -0.15) is 9.97 Å². The smallest absolute Gasteiger partial charge is 0.238 e. The molecule has 9 heterocycles. The molecular weight excluding hydrogens is 1510 g/mol. The van der Waals surface area contributed by atoms with Gasteiger partial charge in [-0.1, -0.05) is 315 Å². The molecular formula is C109H66N10O2S. The zero-order chi connectivity index (χ0) is 80.3. The first-order valence-electron chi connectivity index (χ1n) is 40.8. The highest BCUT2D eigenvalue weighted by Crippen LogP contribution is 2.47. The highest BCUT2D eigenvalue weighted by molar-refractivity contribution is 7.26. The average molecular weight is 1580 g/mol. The maximum atomic E-state index is 6.54. The number of thiophene rings is 1. The van der Waals surface area contributed by atoms with Crippen molar-refractivity contribution in [1.82, 2.24) is 48.6 Å². The van der Waals surface area contributed by atoms with Crippen LogP contribution in [0.5, 0.6) is 0 Å². The molecule has 0 aliphatic carbocycles. The number of aromatic nitrogens is 10. The largest absolute Gasteiger partial charge is 0.454 e. The van der Waals surface area contributed by atoms with E-state index in [9.17, 15) is 0 Å². The van der Waals surface area contributed by atoms with Crippen molar-refractivity contribution in [2.45, 2.75) is 0 Å². The minimum Gasteiger partial charge on any atom is -0.454 e. The van der Waals surface area contributed by atoms with E-state index in [0.29, 0.717) is 23.4 Å². The van der Waals surface area contributed by atoms with E-state index < -0.39 is 0 Å². The lowest BCUT2D eigenvalue weighted by Gasteiger charge is -2.12. The summed E-state index contributed by atoms with van der Waals surface area (Å²) in [5, 5.41) is 16.2. The fourth-order valence-corrected chi connectivity index (χ4v) is 19.2. The van der Waals surface area contributed by atoms with Crippen LogP contribution < -0.4 is 0 Å². The number of hydrogen-bond acceptors (Lipinski definition) is 10. The Bertz CT molecular complexity index is 8260. The molecule has 0 N–H and O–H groups in total. The fourth-order valence-electron chi connectivity index (χ4n) is 17.9. The molecule has 0 bridgehead atoms. The van der Waals surface area contributed by atoms with E-state index in [1.54, 1.807) is 0 Å². The molecule has 12 nitrogen and oxygen atoms in total. The summed E-state index contributed by atoms with van der Waals surface area (Å²) in [4.78, 5) is 35.3. The van der Waals surface area contributed by atoms with E-state index in [4.69, 9.17) is 43.7 Å². The van der Waals surface area contributed by atoms with E-state index in [1.165, 1.54) is 47.4 Å². The molecule has 0 saturated carbocycles. The van der Waals surface area contributed by atoms with E-state index in [0.717, 1.165) is 166 Å². The van der Waals surface area contributed by atoms with Crippen LogP contribution in [0, 0.1) is 0 Å². The summed E-state index contributed by atoms with van der Waals surface area (Å²) in [5.41, 5.74) is 21.9. The first-order chi connectivity index (χ1) is 60.5. The van der Waals surface area contributed by atoms with Crippen LogP contribution in [-0.2, 0) is 0 Å². The molecule has 0 aliphatic heterocycles. The molecule has 0 unspecified atom stereocenters. The number of fused-ring (bicyclic) bond motifs is 23. The lowest BCUT2D eigenvalue weighted by molar-refractivity contribution is 0.670. The van der Waals surface area contributed by atoms with Gasteiger partial charge >= 0.3 is 0 Å². The van der Waals surface area contributed by atoms with Crippen LogP contribution in [0.1, 0.15) is 0 Å². The predicted octanol–water partition coefficient (Wildman–Crippen LogP) is 28.6. The molecule has 0 radical (unpaired) electrons. The monoisotopic (exact) mass is 1580 g/mol. The van der Waals surface area contributed by atoms with Gasteiger partial charge in [-0.05, 0) is 84.9 Å². The lowest BCUT2D eigenvalue weighted by Crippen LogP contribution is -2.06. The quantitative estimate of drug-likeness (QED) is 0.139. The normalized spacial score (nSPS) is 11.8. The molecule has 0 saturated heterocycles. The molecule has 0 spiro atoms. The second-order valence-corrected chi connectivity index (χ2v) is 31.6. The van der Waals surface area contributed by atoms with Gasteiger partial charge in [-0.3, -0.25) is 4.57 Å². The van der Waals surface area contributed by atoms with Crippen molar-refractivity contribution in [2.75, 3.05) is 0 Å². The topological polar surface area (TPSA) is 131 Å². The SMILES string of the molecule is c1ccc(-c2nc(-c3cccc(-n4c5ccccc5c5ccc6c7ccccc7oc6c54)c3)nc3ccccc23)cc1.c1ccc(-c2nc(-c3cccc(-n4c5ccccc5c5ccc6c7ccccc7sc6c54)c3)nc3ccccc23)cc1.c1ccc(-c2nc(-c3ccccc3)nc(-n3c4ccccc4c4ccc5c6ccccc6oc5c43)n2)cc1. The molecule has 570 valence electrons. The van der Waals surface area contributed by atoms with Gasteiger partial charge in [0.1, 0.15) is 16.7 Å². The molecule has 0 amide bonds. The van der Waals surface area contributed by atoms with Gasteiger partial charge in [-0.25, -0.2) is 24.9 Å². The zero-order valence-corrected chi connectivity index (χ0v) is 66.1. The highest BCUT2D eigenvalue weighted by atomic mass is 32.1. The molecule has 17 aromatic carbocycles. The highest BCUT2D eigenvalue weighted by Gasteiger charge is 2.26. The van der Waals surface area contributed by atoms with Crippen molar-refractivity contribution in [1.29, 1.82) is 0 Å². The van der Waals surface area contributed by atoms with E-state index in [1.807, 2.05) is 151 Å². The summed E-state index contributed by atoms with van der Waals surface area (Å²) in [6, 6.07) is 139. The van der Waals surface area contributed by atoms with Crippen molar-refractivity contribution in [3.8, 4) is 85.4 Å². The Hall–Kier alpha value is -16.4. The van der Waals surface area contributed by atoms with Gasteiger partial charge in [-0.15, -0.1) is 11.3 Å². The standard InChI is InChI=1S/C38H23N3O.C38H23N3S.C33H20N4O/c2*1-2-11-24(12-3-1)35-31-17-4-7-18-32(31)39-38(40-35)25-13-10-14-26(23-25)41-33-19-8-5-15-27(33)29-21-22-30-28-16-6-9-20-34(28)42-37(30)36(29)41;1-3-11-21(12-4-1)31-34-32(22-13-5-2-6-14-22)36-33(35-31)37-27-17-9-7-15-23(27)25-19-20-26-24-16-8-10-18-28(24)38-30(26)29(25)37/h2*1-23H;1-20H. The summed E-state index contributed by atoms with van der Waals surface area (Å²) < 4.78 is 22.5. The summed E-state index contributed by atoms with van der Waals surface area (Å²) in [5.74, 6) is 3.22. The van der Waals surface area contributed by atoms with Crippen LogP contribution in [0.3, 0.4) is 0 Å². The predicted molar refractivity (Wildman–Crippen MR) is 502 cm³/mol. The number of furan rings is 2. The van der Waals surface area contributed by atoms with Gasteiger partial charge in [0, 0.05) is 125 Å². The van der Waals surface area contributed by atoms with Crippen molar-refractivity contribution < 1.29 is 8.83 Å². The van der Waals surface area contributed by atoms with Crippen LogP contribution in [0.2, 0.25) is 0 Å². The van der Waals surface area contributed by atoms with Gasteiger partial charge in [0.15, 0.2) is 34.5 Å². The molecule has 0 atom stereocenters. The maximum Gasteiger partial charge on any atom is 0.238 e. The molecule has 26 rings (SSSR count). The number of hydrogen-bond donors (Lipinski definition) is 0. The van der Waals surface area contributed by atoms with Crippen LogP contribution in [-0.4, -0.2) is 48.6 Å². The van der Waals surface area contributed by atoms with Crippen molar-refractivity contribution in [3.63, 3.8) is 0 Å². The molecule has 13 heteroatoms. The Morgan fingerprint density at radius 1 is 0.213 bits per heavy atom. The maximum absolute atomic E-state index is 6.54. The Morgan fingerprint density at radius 2 is 0.557 bits per heavy atom. The number of para-hydroxylation sites is 7. The second-order valence-electron chi connectivity index (χ2n) is 30.5. The van der Waals surface area contributed by atoms with Crippen LogP contribution >= 0.6 is 11.3 Å². The number of rotatable bonds is 9. The van der Waals surface area contributed by atoms with E-state index in [2.05, 4.69) is 275 Å². The van der Waals surface area contributed by atoms with E-state index in [-0.39, 0.29) is 0 Å². The lowest BCUT2D eigenvalue weighted by atomic mass is 10.1. The summed E-state index contributed by atoms with van der Waals surface area (Å²) in [7, 11) is 0. The van der Waals surface area contributed by atoms with Crippen LogP contribution in [0.15, 0.2) is 409 Å². The Kier molecular flexibility index (Phi) is 16.5. The van der Waals surface area contributed by atoms with Gasteiger partial charge in [0.05, 0.1) is 54.7 Å². The minimum absolute atomic E-state index is 0.553. The fraction of sp³-hybridized carbons (Fsp3) is 0. The average Bonchev–Trinajstić information content (AvgIpc) is 1.57. The molecule has 9 aromatic heterocycles. The second kappa shape index (κ2) is 28.8. The van der Waals surface area contributed by atoms with Crippen molar-refractivity contribution in [2.24, 2.45) is 0 Å². The van der Waals surface area contributed by atoms with E-state index >= 15 is 0 Å². The van der Waals surface area contributed by atoms with Crippen molar-refractivity contribution in [3.05, 3.63) is 400 Å². The van der Waals surface area contributed by atoms with Gasteiger partial charge < -0.3 is 18.0 Å². The number of benzene rings is 17. The molecule has 122 heavy (non-hydrogen) atoms.